The molecule has 0 N–H and O–H groups in total. The van der Waals surface area contributed by atoms with Gasteiger partial charge in [0.15, 0.2) is 0 Å². The van der Waals surface area contributed by atoms with E-state index < -0.39 is 0 Å². The van der Waals surface area contributed by atoms with Gasteiger partial charge in [-0.1, -0.05) is 178 Å². The molecule has 1 nitrogen and oxygen atoms in total. The van der Waals surface area contributed by atoms with Crippen LogP contribution in [0.5, 0.6) is 0 Å². The van der Waals surface area contributed by atoms with Gasteiger partial charge in [0.2, 0.25) is 0 Å². The Morgan fingerprint density at radius 2 is 1.20 bits per heavy atom. The second-order valence-electron chi connectivity index (χ2n) is 16.7. The molecule has 4 unspecified atom stereocenters. The van der Waals surface area contributed by atoms with Crippen molar-refractivity contribution in [1.29, 1.82) is 0 Å². The zero-order valence-electron chi connectivity index (χ0n) is 32.2. The summed E-state index contributed by atoms with van der Waals surface area (Å²) < 4.78 is 0. The van der Waals surface area contributed by atoms with Crippen LogP contribution in [-0.2, 0) is 10.8 Å². The molecule has 268 valence electrons. The summed E-state index contributed by atoms with van der Waals surface area (Å²) in [4.78, 5) is 2.50. The normalized spacial score (nSPS) is 22.4. The van der Waals surface area contributed by atoms with Gasteiger partial charge in [-0.15, -0.1) is 0 Å². The summed E-state index contributed by atoms with van der Waals surface area (Å²) in [7, 11) is 0. The fourth-order valence-corrected chi connectivity index (χ4v) is 10.4. The number of nitrogens with zero attached hydrogens (tertiary/aromatic N) is 1. The number of hydrogen-bond acceptors (Lipinski definition) is 1. The molecule has 0 bridgehead atoms. The number of aryl methyl sites for hydroxylation is 1. The lowest BCUT2D eigenvalue weighted by molar-refractivity contribution is 0.425. The summed E-state index contributed by atoms with van der Waals surface area (Å²) in [5.41, 5.74) is 18.0. The quantitative estimate of drug-likeness (QED) is 0.166. The van der Waals surface area contributed by atoms with Crippen molar-refractivity contribution >= 4 is 17.1 Å². The molecule has 6 aromatic carbocycles. The summed E-state index contributed by atoms with van der Waals surface area (Å²) in [6.45, 7) is 9.26. The number of benzene rings is 6. The van der Waals surface area contributed by atoms with Crippen LogP contribution in [0.1, 0.15) is 66.5 Å². The molecule has 0 radical (unpaired) electrons. The number of anilines is 3. The van der Waals surface area contributed by atoms with E-state index in [0.29, 0.717) is 11.8 Å². The monoisotopic (exact) mass is 709 g/mol. The van der Waals surface area contributed by atoms with E-state index in [9.17, 15) is 0 Å². The van der Waals surface area contributed by atoms with E-state index in [1.165, 1.54) is 72.6 Å². The highest BCUT2D eigenvalue weighted by Gasteiger charge is 2.54. The van der Waals surface area contributed by atoms with E-state index in [0.717, 1.165) is 12.1 Å². The molecule has 0 spiro atoms. The van der Waals surface area contributed by atoms with Crippen LogP contribution in [0.2, 0.25) is 0 Å². The SMILES string of the molecule is Cc1ccc(-c2ccc(N(c3ccc4c(c3)C(C)(C)c3ccccc3-4)c3ccc4c(c3)C(C3=CC=CC(C)C3)(c3ccccc3)C3C=CC=CC43)cc2)cc1. The average Bonchev–Trinajstić information content (AvgIpc) is 3.64. The third-order valence-electron chi connectivity index (χ3n) is 13.1. The minimum absolute atomic E-state index is 0.102. The van der Waals surface area contributed by atoms with Gasteiger partial charge in [0, 0.05) is 39.7 Å². The molecular formula is C54H47N. The highest BCUT2D eigenvalue weighted by Crippen LogP contribution is 2.62. The van der Waals surface area contributed by atoms with Crippen LogP contribution in [0.15, 0.2) is 188 Å². The first-order valence-corrected chi connectivity index (χ1v) is 20.0. The fourth-order valence-electron chi connectivity index (χ4n) is 10.4. The predicted molar refractivity (Wildman–Crippen MR) is 232 cm³/mol. The highest BCUT2D eigenvalue weighted by molar-refractivity contribution is 5.86. The lowest BCUT2D eigenvalue weighted by Gasteiger charge is -2.42. The third-order valence-corrected chi connectivity index (χ3v) is 13.1. The molecule has 55 heavy (non-hydrogen) atoms. The lowest BCUT2D eigenvalue weighted by Crippen LogP contribution is -2.37. The number of fused-ring (bicyclic) bond motifs is 6. The van der Waals surface area contributed by atoms with E-state index in [1.807, 2.05) is 0 Å². The summed E-state index contributed by atoms with van der Waals surface area (Å²) in [5.74, 6) is 1.08. The van der Waals surface area contributed by atoms with E-state index in [1.54, 1.807) is 0 Å². The Kier molecular flexibility index (Phi) is 7.86. The summed E-state index contributed by atoms with van der Waals surface area (Å²) in [6.07, 6.45) is 17.6. The molecule has 0 amide bonds. The zero-order valence-corrected chi connectivity index (χ0v) is 32.2. The first-order valence-electron chi connectivity index (χ1n) is 20.0. The maximum Gasteiger partial charge on any atom is 0.0489 e. The summed E-state index contributed by atoms with van der Waals surface area (Å²) in [5, 5.41) is 0. The maximum atomic E-state index is 2.55. The smallest absolute Gasteiger partial charge is 0.0489 e. The van der Waals surface area contributed by atoms with Crippen molar-refractivity contribution in [3.8, 4) is 22.3 Å². The van der Waals surface area contributed by atoms with Gasteiger partial charge < -0.3 is 4.90 Å². The molecule has 0 saturated carbocycles. The molecule has 4 aliphatic carbocycles. The van der Waals surface area contributed by atoms with Gasteiger partial charge in [-0.05, 0) is 106 Å². The Bertz CT molecular complexity index is 2560. The molecular weight excluding hydrogens is 663 g/mol. The van der Waals surface area contributed by atoms with E-state index in [2.05, 4.69) is 215 Å². The Labute approximate surface area is 326 Å². The van der Waals surface area contributed by atoms with Gasteiger partial charge in [-0.2, -0.15) is 0 Å². The second-order valence-corrected chi connectivity index (χ2v) is 16.7. The van der Waals surface area contributed by atoms with Crippen LogP contribution in [-0.4, -0.2) is 0 Å². The van der Waals surface area contributed by atoms with Crippen molar-refractivity contribution in [3.05, 3.63) is 221 Å². The molecule has 0 saturated heterocycles. The minimum atomic E-state index is -0.292. The van der Waals surface area contributed by atoms with Crippen molar-refractivity contribution in [1.82, 2.24) is 0 Å². The lowest BCUT2D eigenvalue weighted by atomic mass is 9.60. The van der Waals surface area contributed by atoms with Crippen LogP contribution >= 0.6 is 0 Å². The summed E-state index contributed by atoms with van der Waals surface area (Å²) >= 11 is 0. The molecule has 4 atom stereocenters. The van der Waals surface area contributed by atoms with Crippen LogP contribution in [0.25, 0.3) is 22.3 Å². The third kappa shape index (κ3) is 5.20. The highest BCUT2D eigenvalue weighted by atomic mass is 15.1. The number of hydrogen-bond donors (Lipinski definition) is 0. The Morgan fingerprint density at radius 3 is 1.96 bits per heavy atom. The van der Waals surface area contributed by atoms with Gasteiger partial charge >= 0.3 is 0 Å². The van der Waals surface area contributed by atoms with Crippen LogP contribution in [0, 0.1) is 18.8 Å². The van der Waals surface area contributed by atoms with Gasteiger partial charge in [-0.3, -0.25) is 0 Å². The molecule has 0 aliphatic heterocycles. The van der Waals surface area contributed by atoms with Crippen molar-refractivity contribution in [3.63, 3.8) is 0 Å². The fraction of sp³-hybridized carbons (Fsp3) is 0.185. The topological polar surface area (TPSA) is 3.24 Å². The largest absolute Gasteiger partial charge is 0.310 e. The van der Waals surface area contributed by atoms with Gasteiger partial charge in [0.1, 0.15) is 0 Å². The van der Waals surface area contributed by atoms with Crippen molar-refractivity contribution in [2.75, 3.05) is 4.90 Å². The van der Waals surface area contributed by atoms with E-state index in [-0.39, 0.29) is 16.7 Å². The van der Waals surface area contributed by atoms with Crippen molar-refractivity contribution in [2.45, 2.75) is 50.9 Å². The van der Waals surface area contributed by atoms with E-state index in [4.69, 9.17) is 0 Å². The number of rotatable bonds is 6. The molecule has 1 heteroatoms. The molecule has 0 heterocycles. The molecule has 0 fully saturated rings. The predicted octanol–water partition coefficient (Wildman–Crippen LogP) is 14.1. The average molecular weight is 710 g/mol. The van der Waals surface area contributed by atoms with Crippen LogP contribution < -0.4 is 4.90 Å². The Balaban J connectivity index is 1.19. The van der Waals surface area contributed by atoms with Crippen LogP contribution in [0.3, 0.4) is 0 Å². The van der Waals surface area contributed by atoms with Crippen molar-refractivity contribution in [2.24, 2.45) is 11.8 Å². The minimum Gasteiger partial charge on any atom is -0.310 e. The van der Waals surface area contributed by atoms with Crippen LogP contribution in [0.4, 0.5) is 17.1 Å². The first kappa shape index (κ1) is 33.6. The number of allylic oxidation sites excluding steroid dienone is 8. The molecule has 4 aliphatic rings. The Hall–Kier alpha value is -5.92. The second kappa shape index (κ2) is 12.8. The standard InChI is InChI=1S/C54H47N/c1-36-21-23-38(24-22-36)39-25-27-42(28-26-39)55(43-29-31-47-45-17-8-10-19-49(45)53(3,4)51(47)34-43)44-30-32-48-46-18-9-11-20-50(46)54(52(48)35-44,40-14-6-5-7-15-40)41-16-12-13-37(2)33-41/h5-32,34-35,37,46,50H,33H2,1-4H3. The van der Waals surface area contributed by atoms with Crippen molar-refractivity contribution < 1.29 is 0 Å². The van der Waals surface area contributed by atoms with Gasteiger partial charge in [0.05, 0.1) is 0 Å². The van der Waals surface area contributed by atoms with E-state index >= 15 is 0 Å². The Morgan fingerprint density at radius 1 is 0.564 bits per heavy atom. The summed E-state index contributed by atoms with van der Waals surface area (Å²) in [6, 6.07) is 52.9. The molecule has 0 aromatic heterocycles. The zero-order chi connectivity index (χ0) is 37.3. The molecule has 10 rings (SSSR count). The van der Waals surface area contributed by atoms with Gasteiger partial charge in [-0.25, -0.2) is 0 Å². The molecule has 6 aromatic rings. The maximum absolute atomic E-state index is 2.55. The van der Waals surface area contributed by atoms with Gasteiger partial charge in [0.25, 0.3) is 0 Å². The first-order chi connectivity index (χ1) is 26.8.